The van der Waals surface area contributed by atoms with Gasteiger partial charge in [-0.25, -0.2) is 9.97 Å². The molecule has 1 unspecified atom stereocenters. The molecule has 6 heteroatoms. The number of aromatic nitrogens is 3. The molecule has 0 saturated heterocycles. The van der Waals surface area contributed by atoms with Crippen LogP contribution in [0.25, 0.3) is 16.9 Å². The summed E-state index contributed by atoms with van der Waals surface area (Å²) in [5.41, 5.74) is 2.38. The Balaban J connectivity index is 2.07. The lowest BCUT2D eigenvalue weighted by Crippen LogP contribution is -2.07. The number of fused-ring (bicyclic) bond motifs is 1. The summed E-state index contributed by atoms with van der Waals surface area (Å²) in [6, 6.07) is 7.56. The van der Waals surface area contributed by atoms with Crippen molar-refractivity contribution in [3.05, 3.63) is 43.0 Å². The van der Waals surface area contributed by atoms with Crippen molar-refractivity contribution in [3.8, 4) is 22.8 Å². The Morgan fingerprint density at radius 3 is 2.91 bits per heavy atom. The molecule has 2 aromatic heterocycles. The lowest BCUT2D eigenvalue weighted by molar-refractivity contribution is 0.285. The number of rotatable bonds is 5. The lowest BCUT2D eigenvalue weighted by Gasteiger charge is -2.15. The zero-order chi connectivity index (χ0) is 15.5. The third-order valence-corrected chi connectivity index (χ3v) is 3.81. The highest BCUT2D eigenvalue weighted by molar-refractivity contribution is 7.80. The van der Waals surface area contributed by atoms with E-state index in [-0.39, 0.29) is 5.44 Å². The van der Waals surface area contributed by atoms with Crippen LogP contribution in [0, 0.1) is 0 Å². The molecule has 1 aromatic carbocycles. The second-order valence-corrected chi connectivity index (χ2v) is 5.39. The number of methoxy groups -OCH3 is 1. The van der Waals surface area contributed by atoms with E-state index in [1.54, 1.807) is 19.6 Å². The van der Waals surface area contributed by atoms with Crippen LogP contribution in [0.5, 0.6) is 11.5 Å². The van der Waals surface area contributed by atoms with E-state index < -0.39 is 0 Å². The van der Waals surface area contributed by atoms with Crippen LogP contribution >= 0.6 is 12.6 Å². The van der Waals surface area contributed by atoms with E-state index in [1.807, 2.05) is 41.8 Å². The van der Waals surface area contributed by atoms with Crippen molar-refractivity contribution in [2.75, 3.05) is 7.11 Å². The summed E-state index contributed by atoms with van der Waals surface area (Å²) in [7, 11) is 1.63. The van der Waals surface area contributed by atoms with Crippen LogP contribution < -0.4 is 9.47 Å². The fourth-order valence-electron chi connectivity index (χ4n) is 2.14. The van der Waals surface area contributed by atoms with E-state index in [0.29, 0.717) is 5.75 Å². The highest BCUT2D eigenvalue weighted by atomic mass is 32.1. The largest absolute Gasteiger partial charge is 0.497 e. The Bertz CT molecular complexity index is 755. The smallest absolute Gasteiger partial charge is 0.141 e. The second-order valence-electron chi connectivity index (χ2n) is 4.81. The Labute approximate surface area is 134 Å². The summed E-state index contributed by atoms with van der Waals surface area (Å²) in [5.74, 6) is 1.44. The molecule has 114 valence electrons. The Kier molecular flexibility index (Phi) is 4.20. The van der Waals surface area contributed by atoms with Gasteiger partial charge in [0, 0.05) is 24.0 Å². The molecule has 2 heterocycles. The minimum absolute atomic E-state index is 0.176. The molecule has 0 N–H and O–H groups in total. The first-order valence-electron chi connectivity index (χ1n) is 7.03. The van der Waals surface area contributed by atoms with Crippen molar-refractivity contribution in [1.29, 1.82) is 0 Å². The highest BCUT2D eigenvalue weighted by Gasteiger charge is 2.14. The first kappa shape index (κ1) is 14.7. The first-order chi connectivity index (χ1) is 10.7. The standard InChI is InChI=1S/C16H17N3O2S/c1-3-16(22)21-14-8-11(20-2)4-5-12(14)13-9-19-10-17-7-6-15(19)18-13/h4-10,16,22H,3H2,1-2H3. The molecular formula is C16H17N3O2S. The minimum Gasteiger partial charge on any atom is -0.497 e. The molecule has 3 aromatic rings. The maximum atomic E-state index is 5.91. The van der Waals surface area contributed by atoms with Gasteiger partial charge in [-0.1, -0.05) is 6.92 Å². The van der Waals surface area contributed by atoms with Crippen LogP contribution in [0.15, 0.2) is 43.0 Å². The Morgan fingerprint density at radius 2 is 2.18 bits per heavy atom. The third kappa shape index (κ3) is 2.87. The van der Waals surface area contributed by atoms with Crippen molar-refractivity contribution in [1.82, 2.24) is 14.4 Å². The quantitative estimate of drug-likeness (QED) is 0.579. The highest BCUT2D eigenvalue weighted by Crippen LogP contribution is 2.34. The zero-order valence-electron chi connectivity index (χ0n) is 12.4. The van der Waals surface area contributed by atoms with Crippen LogP contribution in [0.4, 0.5) is 0 Å². The summed E-state index contributed by atoms with van der Waals surface area (Å²) < 4.78 is 13.1. The fourth-order valence-corrected chi connectivity index (χ4v) is 2.26. The van der Waals surface area contributed by atoms with Gasteiger partial charge >= 0.3 is 0 Å². The van der Waals surface area contributed by atoms with Crippen molar-refractivity contribution in [2.45, 2.75) is 18.8 Å². The van der Waals surface area contributed by atoms with Gasteiger partial charge in [-0.2, -0.15) is 0 Å². The Hall–Kier alpha value is -2.21. The van der Waals surface area contributed by atoms with E-state index >= 15 is 0 Å². The fraction of sp³-hybridized carbons (Fsp3) is 0.250. The SMILES string of the molecule is CCC(S)Oc1cc(OC)ccc1-c1cn2cnccc2n1. The molecule has 22 heavy (non-hydrogen) atoms. The maximum Gasteiger partial charge on any atom is 0.141 e. The van der Waals surface area contributed by atoms with Crippen molar-refractivity contribution in [3.63, 3.8) is 0 Å². The lowest BCUT2D eigenvalue weighted by atomic mass is 10.1. The van der Waals surface area contributed by atoms with Crippen molar-refractivity contribution >= 4 is 18.3 Å². The molecule has 0 aliphatic carbocycles. The van der Waals surface area contributed by atoms with Gasteiger partial charge in [0.1, 0.15) is 28.9 Å². The van der Waals surface area contributed by atoms with E-state index in [9.17, 15) is 0 Å². The summed E-state index contributed by atoms with van der Waals surface area (Å²) in [5, 5.41) is 0. The number of hydrogen-bond acceptors (Lipinski definition) is 5. The molecular weight excluding hydrogens is 298 g/mol. The van der Waals surface area contributed by atoms with Crippen LogP contribution in [0.2, 0.25) is 0 Å². The summed E-state index contributed by atoms with van der Waals surface area (Å²) >= 11 is 4.42. The normalized spacial score (nSPS) is 12.3. The monoisotopic (exact) mass is 315 g/mol. The zero-order valence-corrected chi connectivity index (χ0v) is 13.3. The third-order valence-electron chi connectivity index (χ3n) is 3.34. The van der Waals surface area contributed by atoms with Crippen LogP contribution in [-0.2, 0) is 0 Å². The summed E-state index contributed by atoms with van der Waals surface area (Å²) in [6.07, 6.45) is 6.17. The van der Waals surface area contributed by atoms with E-state index in [1.165, 1.54) is 0 Å². The number of benzene rings is 1. The molecule has 5 nitrogen and oxygen atoms in total. The number of ether oxygens (including phenoxy) is 2. The first-order valence-corrected chi connectivity index (χ1v) is 7.54. The van der Waals surface area contributed by atoms with Gasteiger partial charge in [0.05, 0.1) is 12.8 Å². The van der Waals surface area contributed by atoms with Gasteiger partial charge in [0.15, 0.2) is 0 Å². The topological polar surface area (TPSA) is 48.7 Å². The molecule has 0 fully saturated rings. The predicted octanol–water partition coefficient (Wildman–Crippen LogP) is 3.45. The number of imidazole rings is 1. The molecule has 0 bridgehead atoms. The molecule has 0 radical (unpaired) electrons. The number of nitrogens with zero attached hydrogens (tertiary/aromatic N) is 3. The molecule has 0 saturated carbocycles. The van der Waals surface area contributed by atoms with Crippen LogP contribution in [-0.4, -0.2) is 26.9 Å². The average Bonchev–Trinajstić information content (AvgIpc) is 2.98. The molecule has 0 amide bonds. The van der Waals surface area contributed by atoms with E-state index in [4.69, 9.17) is 9.47 Å². The van der Waals surface area contributed by atoms with Gasteiger partial charge < -0.3 is 9.47 Å². The van der Waals surface area contributed by atoms with Gasteiger partial charge in [0.25, 0.3) is 0 Å². The second kappa shape index (κ2) is 6.27. The van der Waals surface area contributed by atoms with E-state index in [0.717, 1.165) is 29.1 Å². The number of hydrogen-bond donors (Lipinski definition) is 1. The molecule has 0 spiro atoms. The van der Waals surface area contributed by atoms with Crippen LogP contribution in [0.3, 0.4) is 0 Å². The van der Waals surface area contributed by atoms with Gasteiger partial charge in [0.2, 0.25) is 0 Å². The van der Waals surface area contributed by atoms with Gasteiger partial charge in [-0.05, 0) is 24.6 Å². The summed E-state index contributed by atoms with van der Waals surface area (Å²) in [4.78, 5) is 8.70. The van der Waals surface area contributed by atoms with Gasteiger partial charge in [-0.3, -0.25) is 4.40 Å². The summed E-state index contributed by atoms with van der Waals surface area (Å²) in [6.45, 7) is 2.02. The van der Waals surface area contributed by atoms with Gasteiger partial charge in [-0.15, -0.1) is 12.6 Å². The Morgan fingerprint density at radius 1 is 1.32 bits per heavy atom. The molecule has 0 aliphatic rings. The predicted molar refractivity (Wildman–Crippen MR) is 88.7 cm³/mol. The average molecular weight is 315 g/mol. The number of thiol groups is 1. The van der Waals surface area contributed by atoms with Crippen molar-refractivity contribution in [2.24, 2.45) is 0 Å². The molecule has 1 atom stereocenters. The molecule has 3 rings (SSSR count). The van der Waals surface area contributed by atoms with Crippen molar-refractivity contribution < 1.29 is 9.47 Å². The van der Waals surface area contributed by atoms with Crippen LogP contribution in [0.1, 0.15) is 13.3 Å². The minimum atomic E-state index is -0.176. The van der Waals surface area contributed by atoms with E-state index in [2.05, 4.69) is 22.6 Å². The molecule has 0 aliphatic heterocycles. The maximum absolute atomic E-state index is 5.91.